The van der Waals surface area contributed by atoms with E-state index in [9.17, 15) is 8.42 Å². The maximum Gasteiger partial charge on any atom is 0.209 e. The first kappa shape index (κ1) is 14.5. The molecule has 1 aliphatic heterocycles. The summed E-state index contributed by atoms with van der Waals surface area (Å²) in [7, 11) is -3.43. The van der Waals surface area contributed by atoms with E-state index in [4.69, 9.17) is 16.7 Å². The van der Waals surface area contributed by atoms with Crippen molar-refractivity contribution in [1.29, 1.82) is 0 Å². The molecule has 0 bridgehead atoms. The Bertz CT molecular complexity index is 544. The van der Waals surface area contributed by atoms with Crippen LogP contribution in [0, 0.1) is 12.8 Å². The highest BCUT2D eigenvalue weighted by Gasteiger charge is 2.24. The molecule has 1 fully saturated rings. The maximum atomic E-state index is 11.2. The Hall–Kier alpha value is -0.920. The Morgan fingerprint density at radius 3 is 2.89 bits per heavy atom. The second-order valence-electron chi connectivity index (χ2n) is 4.88. The molecule has 6 nitrogen and oxygen atoms in total. The molecule has 0 radical (unpaired) electrons. The fourth-order valence-electron chi connectivity index (χ4n) is 2.42. The molecule has 1 aromatic heterocycles. The van der Waals surface area contributed by atoms with Gasteiger partial charge in [-0.05, 0) is 25.7 Å². The Morgan fingerprint density at radius 2 is 2.26 bits per heavy atom. The number of piperidine rings is 1. The third-order valence-electron chi connectivity index (χ3n) is 3.10. The van der Waals surface area contributed by atoms with Gasteiger partial charge in [-0.2, -0.15) is 0 Å². The molecule has 1 saturated heterocycles. The summed E-state index contributed by atoms with van der Waals surface area (Å²) >= 11 is 5.92. The number of aromatic nitrogens is 2. The summed E-state index contributed by atoms with van der Waals surface area (Å²) in [6, 6.07) is 1.70. The normalized spacial score (nSPS) is 20.6. The maximum absolute atomic E-state index is 11.2. The van der Waals surface area contributed by atoms with E-state index in [0.29, 0.717) is 17.5 Å². The second kappa shape index (κ2) is 5.60. The summed E-state index contributed by atoms with van der Waals surface area (Å²) in [6.45, 7) is 3.25. The average molecular weight is 305 g/mol. The summed E-state index contributed by atoms with van der Waals surface area (Å²) < 4.78 is 22.3. The molecule has 19 heavy (non-hydrogen) atoms. The fourth-order valence-corrected chi connectivity index (χ4v) is 3.57. The predicted molar refractivity (Wildman–Crippen MR) is 74.7 cm³/mol. The number of rotatable bonds is 3. The average Bonchev–Trinajstić information content (AvgIpc) is 2.25. The lowest BCUT2D eigenvalue weighted by atomic mass is 10.0. The van der Waals surface area contributed by atoms with Crippen molar-refractivity contribution in [2.45, 2.75) is 19.8 Å². The Balaban J connectivity index is 2.12. The van der Waals surface area contributed by atoms with E-state index in [1.165, 1.54) is 0 Å². The number of hydrogen-bond donors (Lipinski definition) is 1. The minimum Gasteiger partial charge on any atom is -0.356 e. The van der Waals surface area contributed by atoms with Gasteiger partial charge in [0.15, 0.2) is 0 Å². The van der Waals surface area contributed by atoms with Crippen molar-refractivity contribution >= 4 is 27.4 Å². The van der Waals surface area contributed by atoms with Crippen molar-refractivity contribution < 1.29 is 8.42 Å². The molecule has 1 atom stereocenters. The lowest BCUT2D eigenvalue weighted by Crippen LogP contribution is -2.39. The van der Waals surface area contributed by atoms with Crippen molar-refractivity contribution in [3.8, 4) is 0 Å². The molecule has 2 rings (SSSR count). The van der Waals surface area contributed by atoms with Crippen LogP contribution in [0.3, 0.4) is 0 Å². The van der Waals surface area contributed by atoms with Gasteiger partial charge in [0.25, 0.3) is 0 Å². The third-order valence-corrected chi connectivity index (χ3v) is 4.23. The highest BCUT2D eigenvalue weighted by Crippen LogP contribution is 2.23. The van der Waals surface area contributed by atoms with E-state index in [1.54, 1.807) is 13.0 Å². The van der Waals surface area contributed by atoms with Gasteiger partial charge >= 0.3 is 0 Å². The van der Waals surface area contributed by atoms with Gasteiger partial charge in [0.2, 0.25) is 10.0 Å². The third kappa shape index (κ3) is 4.29. The van der Waals surface area contributed by atoms with Crippen LogP contribution in [0.2, 0.25) is 5.15 Å². The molecule has 2 heterocycles. The van der Waals surface area contributed by atoms with Crippen LogP contribution in [-0.2, 0) is 10.0 Å². The highest BCUT2D eigenvalue weighted by atomic mass is 35.5. The van der Waals surface area contributed by atoms with Gasteiger partial charge in [0.1, 0.15) is 16.8 Å². The van der Waals surface area contributed by atoms with Crippen LogP contribution in [-0.4, -0.2) is 37.2 Å². The van der Waals surface area contributed by atoms with Crippen LogP contribution in [0.4, 0.5) is 5.82 Å². The number of nitrogens with two attached hydrogens (primary N) is 1. The van der Waals surface area contributed by atoms with Crippen LogP contribution < -0.4 is 10.0 Å². The summed E-state index contributed by atoms with van der Waals surface area (Å²) in [4.78, 5) is 10.4. The van der Waals surface area contributed by atoms with Crippen molar-refractivity contribution in [3.05, 3.63) is 17.0 Å². The fraction of sp³-hybridized carbons (Fsp3) is 0.636. The smallest absolute Gasteiger partial charge is 0.209 e. The number of primary sulfonamides is 1. The van der Waals surface area contributed by atoms with Gasteiger partial charge in [0.05, 0.1) is 5.75 Å². The zero-order valence-electron chi connectivity index (χ0n) is 10.7. The Morgan fingerprint density at radius 1 is 1.53 bits per heavy atom. The van der Waals surface area contributed by atoms with E-state index in [0.717, 1.165) is 25.2 Å². The molecule has 106 valence electrons. The first-order chi connectivity index (χ1) is 8.83. The lowest BCUT2D eigenvalue weighted by Gasteiger charge is -2.33. The molecular formula is C11H17ClN4O2S. The Labute approximate surface area is 118 Å². The molecule has 0 amide bonds. The van der Waals surface area contributed by atoms with Crippen molar-refractivity contribution in [3.63, 3.8) is 0 Å². The van der Waals surface area contributed by atoms with Crippen LogP contribution in [0.15, 0.2) is 6.07 Å². The van der Waals surface area contributed by atoms with Crippen LogP contribution >= 0.6 is 11.6 Å². The first-order valence-corrected chi connectivity index (χ1v) is 8.19. The molecular weight excluding hydrogens is 288 g/mol. The van der Waals surface area contributed by atoms with Gasteiger partial charge in [-0.15, -0.1) is 0 Å². The zero-order chi connectivity index (χ0) is 14.0. The van der Waals surface area contributed by atoms with E-state index in [2.05, 4.69) is 9.97 Å². The van der Waals surface area contributed by atoms with Gasteiger partial charge < -0.3 is 4.90 Å². The molecule has 1 aliphatic rings. The first-order valence-electron chi connectivity index (χ1n) is 6.10. The number of nitrogens with zero attached hydrogens (tertiary/aromatic N) is 3. The Kier molecular flexibility index (Phi) is 4.27. The largest absolute Gasteiger partial charge is 0.356 e. The van der Waals surface area contributed by atoms with Crippen LogP contribution in [0.25, 0.3) is 0 Å². The van der Waals surface area contributed by atoms with Crippen LogP contribution in [0.5, 0.6) is 0 Å². The van der Waals surface area contributed by atoms with E-state index in [-0.39, 0.29) is 11.7 Å². The van der Waals surface area contributed by atoms with E-state index >= 15 is 0 Å². The minimum atomic E-state index is -3.43. The molecule has 0 aliphatic carbocycles. The molecule has 1 aromatic rings. The molecule has 0 spiro atoms. The topological polar surface area (TPSA) is 89.2 Å². The molecule has 0 aromatic carbocycles. The predicted octanol–water partition coefficient (Wildman–Crippen LogP) is 0.943. The van der Waals surface area contributed by atoms with Crippen molar-refractivity contribution in [2.75, 3.05) is 23.7 Å². The van der Waals surface area contributed by atoms with E-state index in [1.807, 2.05) is 4.90 Å². The van der Waals surface area contributed by atoms with Gasteiger partial charge in [-0.1, -0.05) is 11.6 Å². The second-order valence-corrected chi connectivity index (χ2v) is 6.93. The summed E-state index contributed by atoms with van der Waals surface area (Å²) in [5.41, 5.74) is 0. The number of halogens is 1. The van der Waals surface area contributed by atoms with Crippen molar-refractivity contribution in [2.24, 2.45) is 11.1 Å². The highest BCUT2D eigenvalue weighted by molar-refractivity contribution is 7.89. The van der Waals surface area contributed by atoms with Gasteiger partial charge in [0, 0.05) is 19.2 Å². The molecule has 8 heteroatoms. The summed E-state index contributed by atoms with van der Waals surface area (Å²) in [6.07, 6.45) is 1.78. The van der Waals surface area contributed by atoms with Gasteiger partial charge in [-0.25, -0.2) is 23.5 Å². The summed E-state index contributed by atoms with van der Waals surface area (Å²) in [5, 5.41) is 5.50. The number of aryl methyl sites for hydroxylation is 1. The SMILES string of the molecule is Cc1nc(Cl)cc(N2CCCC(CS(N)(=O)=O)C2)n1. The van der Waals surface area contributed by atoms with Crippen LogP contribution in [0.1, 0.15) is 18.7 Å². The monoisotopic (exact) mass is 304 g/mol. The minimum absolute atomic E-state index is 0.0152. The number of anilines is 1. The molecule has 1 unspecified atom stereocenters. The zero-order valence-corrected chi connectivity index (χ0v) is 12.3. The quantitative estimate of drug-likeness (QED) is 0.840. The standard InChI is InChI=1S/C11H17ClN4O2S/c1-8-14-10(12)5-11(15-8)16-4-2-3-9(6-16)7-19(13,17)18/h5,9H,2-4,6-7H2,1H3,(H2,13,17,18). The molecule has 2 N–H and O–H groups in total. The number of hydrogen-bond acceptors (Lipinski definition) is 5. The number of sulfonamides is 1. The van der Waals surface area contributed by atoms with Crippen molar-refractivity contribution in [1.82, 2.24) is 9.97 Å². The van der Waals surface area contributed by atoms with E-state index < -0.39 is 10.0 Å². The lowest BCUT2D eigenvalue weighted by molar-refractivity contribution is 0.441. The molecule has 0 saturated carbocycles. The van der Waals surface area contributed by atoms with Gasteiger partial charge in [-0.3, -0.25) is 0 Å². The summed E-state index contributed by atoms with van der Waals surface area (Å²) in [5.74, 6) is 1.41.